The molecule has 0 spiro atoms. The smallest absolute Gasteiger partial charge is 0.268 e. The van der Waals surface area contributed by atoms with Gasteiger partial charge >= 0.3 is 0 Å². The van der Waals surface area contributed by atoms with Gasteiger partial charge in [-0.3, -0.25) is 9.10 Å². The number of halogens is 1. The lowest BCUT2D eigenvalue weighted by Gasteiger charge is -2.30. The number of amides is 1. The van der Waals surface area contributed by atoms with Crippen LogP contribution in [0.2, 0.25) is 0 Å². The first-order chi connectivity index (χ1) is 14.4. The van der Waals surface area contributed by atoms with Gasteiger partial charge in [0, 0.05) is 19.2 Å². The fraction of sp³-hybridized carbons (Fsp3) is 0.350. The first-order valence-electron chi connectivity index (χ1n) is 9.22. The molecule has 8 nitrogen and oxygen atoms in total. The van der Waals surface area contributed by atoms with Crippen LogP contribution in [0, 0.1) is 5.82 Å². The summed E-state index contributed by atoms with van der Waals surface area (Å²) in [6, 6.07) is 9.19. The van der Waals surface area contributed by atoms with Gasteiger partial charge in [-0.05, 0) is 36.4 Å². The number of rotatable bonds is 7. The van der Waals surface area contributed by atoms with Gasteiger partial charge in [0.1, 0.15) is 28.8 Å². The van der Waals surface area contributed by atoms with E-state index in [0.717, 1.165) is 16.4 Å². The molecule has 0 radical (unpaired) electrons. The van der Waals surface area contributed by atoms with Crippen molar-refractivity contribution in [3.05, 3.63) is 48.3 Å². The minimum atomic E-state index is -4.22. The van der Waals surface area contributed by atoms with Gasteiger partial charge in [-0.15, -0.1) is 0 Å². The molecule has 2 aromatic rings. The van der Waals surface area contributed by atoms with E-state index in [1.807, 2.05) is 0 Å². The van der Waals surface area contributed by atoms with Crippen molar-refractivity contribution < 1.29 is 31.8 Å². The molecule has 0 bridgehead atoms. The third kappa shape index (κ3) is 4.65. The second-order valence-corrected chi connectivity index (χ2v) is 8.33. The maximum atomic E-state index is 13.5. The predicted octanol–water partition coefficient (Wildman–Crippen LogP) is 1.90. The Kier molecular flexibility index (Phi) is 6.78. The Morgan fingerprint density at radius 2 is 1.77 bits per heavy atom. The largest absolute Gasteiger partial charge is 0.497 e. The van der Waals surface area contributed by atoms with E-state index < -0.39 is 22.4 Å². The highest BCUT2D eigenvalue weighted by Gasteiger charge is 2.32. The summed E-state index contributed by atoms with van der Waals surface area (Å²) in [6.07, 6.45) is 0. The Balaban J connectivity index is 2.02. The van der Waals surface area contributed by atoms with Crippen LogP contribution in [0.25, 0.3) is 0 Å². The second kappa shape index (κ2) is 9.31. The molecular weight excluding hydrogens is 415 g/mol. The monoisotopic (exact) mass is 438 g/mol. The van der Waals surface area contributed by atoms with Crippen LogP contribution < -0.4 is 13.8 Å². The number of anilines is 1. The quantitative estimate of drug-likeness (QED) is 0.657. The Labute approximate surface area is 174 Å². The molecule has 30 heavy (non-hydrogen) atoms. The SMILES string of the molecule is COc1ccc(S(=O)(=O)N(CC(=O)N2CCOCC2)c2ccc(F)cc2)c(OC)c1. The van der Waals surface area contributed by atoms with Gasteiger partial charge in [0.15, 0.2) is 0 Å². The van der Waals surface area contributed by atoms with E-state index in [4.69, 9.17) is 14.2 Å². The standard InChI is InChI=1S/C20H23FN2O6S/c1-27-17-7-8-19(18(13-17)28-2)30(25,26)23(16-5-3-15(21)4-6-16)14-20(24)22-9-11-29-12-10-22/h3-8,13H,9-12,14H2,1-2H3. The highest BCUT2D eigenvalue weighted by atomic mass is 32.2. The minimum Gasteiger partial charge on any atom is -0.497 e. The van der Waals surface area contributed by atoms with Gasteiger partial charge in [-0.25, -0.2) is 12.8 Å². The molecule has 2 aromatic carbocycles. The Hall–Kier alpha value is -2.85. The van der Waals surface area contributed by atoms with Gasteiger partial charge in [0.05, 0.1) is 33.1 Å². The summed E-state index contributed by atoms with van der Waals surface area (Å²) in [5.41, 5.74) is 0.163. The van der Waals surface area contributed by atoms with Crippen LogP contribution in [0.5, 0.6) is 11.5 Å². The molecular formula is C20H23FN2O6S. The fourth-order valence-corrected chi connectivity index (χ4v) is 4.62. The summed E-state index contributed by atoms with van der Waals surface area (Å²) in [5.74, 6) is -0.403. The molecule has 0 atom stereocenters. The Morgan fingerprint density at radius 1 is 1.10 bits per heavy atom. The van der Waals surface area contributed by atoms with E-state index >= 15 is 0 Å². The van der Waals surface area contributed by atoms with Crippen molar-refractivity contribution in [2.24, 2.45) is 0 Å². The van der Waals surface area contributed by atoms with Gasteiger partial charge in [0.2, 0.25) is 5.91 Å². The average Bonchev–Trinajstić information content (AvgIpc) is 2.78. The second-order valence-electron chi connectivity index (χ2n) is 6.50. The number of ether oxygens (including phenoxy) is 3. The van der Waals surface area contributed by atoms with Crippen molar-refractivity contribution in [2.45, 2.75) is 4.90 Å². The van der Waals surface area contributed by atoms with Crippen LogP contribution in [0.3, 0.4) is 0 Å². The number of nitrogens with zero attached hydrogens (tertiary/aromatic N) is 2. The molecule has 1 aliphatic rings. The van der Waals surface area contributed by atoms with E-state index in [0.29, 0.717) is 32.1 Å². The number of carbonyl (C=O) groups is 1. The molecule has 162 valence electrons. The molecule has 1 aliphatic heterocycles. The van der Waals surface area contributed by atoms with Gasteiger partial charge < -0.3 is 19.1 Å². The van der Waals surface area contributed by atoms with Crippen molar-refractivity contribution in [1.82, 2.24) is 4.90 Å². The normalized spacial score (nSPS) is 14.3. The third-order valence-corrected chi connectivity index (χ3v) is 6.51. The average molecular weight is 438 g/mol. The van der Waals surface area contributed by atoms with Crippen molar-refractivity contribution in [3.63, 3.8) is 0 Å². The van der Waals surface area contributed by atoms with Gasteiger partial charge in [-0.2, -0.15) is 0 Å². The number of hydrogen-bond donors (Lipinski definition) is 0. The number of sulfonamides is 1. The maximum Gasteiger partial charge on any atom is 0.268 e. The summed E-state index contributed by atoms with van der Waals surface area (Å²) < 4.78 is 57.1. The number of morpholine rings is 1. The lowest BCUT2D eigenvalue weighted by atomic mass is 10.3. The highest BCUT2D eigenvalue weighted by Crippen LogP contribution is 2.33. The number of methoxy groups -OCH3 is 2. The highest BCUT2D eigenvalue weighted by molar-refractivity contribution is 7.93. The molecule has 0 saturated carbocycles. The lowest BCUT2D eigenvalue weighted by Crippen LogP contribution is -2.47. The zero-order valence-corrected chi connectivity index (χ0v) is 17.5. The zero-order chi connectivity index (χ0) is 21.7. The van der Waals surface area contributed by atoms with E-state index in [2.05, 4.69) is 0 Å². The molecule has 1 heterocycles. The van der Waals surface area contributed by atoms with E-state index in [1.54, 1.807) is 4.90 Å². The van der Waals surface area contributed by atoms with Crippen LogP contribution in [-0.4, -0.2) is 66.3 Å². The van der Waals surface area contributed by atoms with E-state index in [1.165, 1.54) is 44.6 Å². The number of carbonyl (C=O) groups excluding carboxylic acids is 1. The molecule has 0 aliphatic carbocycles. The van der Waals surface area contributed by atoms with Crippen LogP contribution in [0.4, 0.5) is 10.1 Å². The molecule has 10 heteroatoms. The van der Waals surface area contributed by atoms with Crippen LogP contribution in [-0.2, 0) is 19.6 Å². The van der Waals surface area contributed by atoms with Crippen molar-refractivity contribution in [1.29, 1.82) is 0 Å². The van der Waals surface area contributed by atoms with E-state index in [9.17, 15) is 17.6 Å². The number of hydrogen-bond acceptors (Lipinski definition) is 6. The maximum absolute atomic E-state index is 13.5. The Bertz CT molecular complexity index is 991. The zero-order valence-electron chi connectivity index (χ0n) is 16.7. The molecule has 0 aromatic heterocycles. The summed E-state index contributed by atoms with van der Waals surface area (Å²) in [5, 5.41) is 0. The third-order valence-electron chi connectivity index (χ3n) is 4.70. The van der Waals surface area contributed by atoms with Crippen molar-refractivity contribution >= 4 is 21.6 Å². The molecule has 1 saturated heterocycles. The Morgan fingerprint density at radius 3 is 2.37 bits per heavy atom. The van der Waals surface area contributed by atoms with Crippen molar-refractivity contribution in [3.8, 4) is 11.5 Å². The number of benzene rings is 2. The summed E-state index contributed by atoms with van der Waals surface area (Å²) in [6.45, 7) is 1.09. The van der Waals surface area contributed by atoms with Crippen LogP contribution in [0.1, 0.15) is 0 Å². The topological polar surface area (TPSA) is 85.4 Å². The van der Waals surface area contributed by atoms with Crippen molar-refractivity contribution in [2.75, 3.05) is 51.4 Å². The first-order valence-corrected chi connectivity index (χ1v) is 10.7. The summed E-state index contributed by atoms with van der Waals surface area (Å²) >= 11 is 0. The molecule has 0 N–H and O–H groups in total. The van der Waals surface area contributed by atoms with Gasteiger partial charge in [0.25, 0.3) is 10.0 Å². The minimum absolute atomic E-state index is 0.0697. The molecule has 3 rings (SSSR count). The van der Waals surface area contributed by atoms with Gasteiger partial charge in [-0.1, -0.05) is 0 Å². The molecule has 0 unspecified atom stereocenters. The molecule has 1 fully saturated rings. The van der Waals surface area contributed by atoms with Crippen LogP contribution in [0.15, 0.2) is 47.4 Å². The molecule has 1 amide bonds. The van der Waals surface area contributed by atoms with Crippen LogP contribution >= 0.6 is 0 Å². The summed E-state index contributed by atoms with van der Waals surface area (Å²) in [7, 11) is -1.42. The lowest BCUT2D eigenvalue weighted by molar-refractivity contribution is -0.133. The summed E-state index contributed by atoms with van der Waals surface area (Å²) in [4.78, 5) is 14.2. The fourth-order valence-electron chi connectivity index (χ4n) is 3.06. The van der Waals surface area contributed by atoms with E-state index in [-0.39, 0.29) is 22.2 Å². The first kappa shape index (κ1) is 21.8. The predicted molar refractivity (Wildman–Crippen MR) is 108 cm³/mol.